The smallest absolute Gasteiger partial charge is 0.339 e. The maximum Gasteiger partial charge on any atom is 0.339 e. The maximum absolute atomic E-state index is 12.6. The first-order chi connectivity index (χ1) is 15.5. The van der Waals surface area contributed by atoms with Crippen molar-refractivity contribution in [1.82, 2.24) is 5.32 Å². The summed E-state index contributed by atoms with van der Waals surface area (Å²) in [6.45, 7) is -0.0778. The predicted octanol–water partition coefficient (Wildman–Crippen LogP) is 3.51. The van der Waals surface area contributed by atoms with E-state index < -0.39 is 18.5 Å². The van der Waals surface area contributed by atoms with E-state index in [0.29, 0.717) is 29.3 Å². The third kappa shape index (κ3) is 5.73. The molecule has 0 fully saturated rings. The van der Waals surface area contributed by atoms with Crippen LogP contribution < -0.4 is 14.8 Å². The van der Waals surface area contributed by atoms with Crippen molar-refractivity contribution in [3.05, 3.63) is 81.5 Å². The first-order valence-electron chi connectivity index (χ1n) is 9.85. The summed E-state index contributed by atoms with van der Waals surface area (Å²) in [5, 5.41) is 4.50. The molecule has 32 heavy (non-hydrogen) atoms. The van der Waals surface area contributed by atoms with Crippen LogP contribution in [-0.2, 0) is 16.0 Å². The van der Waals surface area contributed by atoms with E-state index in [9.17, 15) is 14.4 Å². The second kappa shape index (κ2) is 11.1. The van der Waals surface area contributed by atoms with Gasteiger partial charge in [0.15, 0.2) is 18.1 Å². The number of ether oxygens (including phenoxy) is 3. The first-order valence-corrected chi connectivity index (χ1v) is 10.7. The van der Waals surface area contributed by atoms with Gasteiger partial charge in [0.1, 0.15) is 0 Å². The van der Waals surface area contributed by atoms with Gasteiger partial charge in [0, 0.05) is 12.1 Å². The third-order valence-electron chi connectivity index (χ3n) is 4.65. The SMILES string of the molecule is COc1ccc(CCNC(=O)COC(=O)c2ccccc2C(=O)c2cccs2)cc1OC. The average Bonchev–Trinajstić information content (AvgIpc) is 3.37. The quantitative estimate of drug-likeness (QED) is 0.373. The molecule has 3 aromatic rings. The maximum atomic E-state index is 12.6. The summed E-state index contributed by atoms with van der Waals surface area (Å²) < 4.78 is 15.6. The lowest BCUT2D eigenvalue weighted by Crippen LogP contribution is -2.30. The molecule has 0 aliphatic heterocycles. The number of nitrogens with one attached hydrogen (secondary N) is 1. The predicted molar refractivity (Wildman–Crippen MR) is 121 cm³/mol. The van der Waals surface area contributed by atoms with E-state index in [4.69, 9.17) is 14.2 Å². The van der Waals surface area contributed by atoms with Crippen LogP contribution in [0.2, 0.25) is 0 Å². The van der Waals surface area contributed by atoms with Crippen LogP contribution >= 0.6 is 11.3 Å². The van der Waals surface area contributed by atoms with Crippen LogP contribution in [0.5, 0.6) is 11.5 Å². The second-order valence-corrected chi connectivity index (χ2v) is 7.67. The Morgan fingerprint density at radius 3 is 2.34 bits per heavy atom. The van der Waals surface area contributed by atoms with Crippen LogP contribution in [0.15, 0.2) is 60.0 Å². The van der Waals surface area contributed by atoms with Crippen molar-refractivity contribution < 1.29 is 28.6 Å². The number of hydrogen-bond donors (Lipinski definition) is 1. The van der Waals surface area contributed by atoms with Crippen LogP contribution in [0.4, 0.5) is 0 Å². The molecule has 0 bridgehead atoms. The van der Waals surface area contributed by atoms with E-state index in [1.165, 1.54) is 17.4 Å². The standard InChI is InChI=1S/C24H23NO6S/c1-29-19-10-9-16(14-20(19)30-2)11-12-25-22(26)15-31-24(28)18-7-4-3-6-17(18)23(27)21-8-5-13-32-21/h3-10,13-14H,11-12,15H2,1-2H3,(H,25,26). The van der Waals surface area contributed by atoms with Gasteiger partial charge >= 0.3 is 5.97 Å². The van der Waals surface area contributed by atoms with Gasteiger partial charge in [0.2, 0.25) is 5.78 Å². The summed E-state index contributed by atoms with van der Waals surface area (Å²) in [6, 6.07) is 15.4. The highest BCUT2D eigenvalue weighted by atomic mass is 32.1. The van der Waals surface area contributed by atoms with Gasteiger partial charge in [-0.15, -0.1) is 11.3 Å². The topological polar surface area (TPSA) is 90.9 Å². The molecule has 0 aliphatic rings. The Kier molecular flexibility index (Phi) is 7.99. The third-order valence-corrected chi connectivity index (χ3v) is 5.52. The number of amides is 1. The lowest BCUT2D eigenvalue weighted by Gasteiger charge is -2.11. The zero-order chi connectivity index (χ0) is 22.9. The minimum absolute atomic E-state index is 0.129. The summed E-state index contributed by atoms with van der Waals surface area (Å²) in [5.74, 6) is -0.167. The summed E-state index contributed by atoms with van der Waals surface area (Å²) in [4.78, 5) is 37.8. The Balaban J connectivity index is 1.51. The van der Waals surface area contributed by atoms with Crippen LogP contribution in [0.3, 0.4) is 0 Å². The van der Waals surface area contributed by atoms with Crippen LogP contribution in [-0.4, -0.2) is 45.0 Å². The van der Waals surface area contributed by atoms with Crippen molar-refractivity contribution in [3.63, 3.8) is 0 Å². The second-order valence-electron chi connectivity index (χ2n) is 6.72. The number of methoxy groups -OCH3 is 2. The fourth-order valence-electron chi connectivity index (χ4n) is 3.04. The number of carbonyl (C=O) groups is 3. The lowest BCUT2D eigenvalue weighted by molar-refractivity contribution is -0.124. The summed E-state index contributed by atoms with van der Waals surface area (Å²) in [7, 11) is 3.12. The number of carbonyl (C=O) groups excluding carboxylic acids is 3. The molecule has 0 saturated heterocycles. The highest BCUT2D eigenvalue weighted by Gasteiger charge is 2.20. The normalized spacial score (nSPS) is 10.3. The average molecular weight is 454 g/mol. The van der Waals surface area contributed by atoms with Gasteiger partial charge < -0.3 is 19.5 Å². The molecule has 0 radical (unpaired) electrons. The van der Waals surface area contributed by atoms with Gasteiger partial charge in [0.05, 0.1) is 24.7 Å². The Morgan fingerprint density at radius 1 is 0.906 bits per heavy atom. The van der Waals surface area contributed by atoms with Crippen molar-refractivity contribution in [2.24, 2.45) is 0 Å². The van der Waals surface area contributed by atoms with E-state index >= 15 is 0 Å². The zero-order valence-corrected chi connectivity index (χ0v) is 18.6. The van der Waals surface area contributed by atoms with Gasteiger partial charge in [-0.05, 0) is 41.6 Å². The monoisotopic (exact) mass is 453 g/mol. The molecule has 0 saturated carbocycles. The molecule has 0 atom stereocenters. The minimum atomic E-state index is -0.722. The number of ketones is 1. The number of rotatable bonds is 10. The van der Waals surface area contributed by atoms with Gasteiger partial charge in [0.25, 0.3) is 5.91 Å². The fraction of sp³-hybridized carbons (Fsp3) is 0.208. The molecule has 3 rings (SSSR count). The van der Waals surface area contributed by atoms with Crippen molar-refractivity contribution in [2.45, 2.75) is 6.42 Å². The number of benzene rings is 2. The van der Waals surface area contributed by atoms with E-state index in [1.807, 2.05) is 12.1 Å². The van der Waals surface area contributed by atoms with Crippen molar-refractivity contribution in [2.75, 3.05) is 27.4 Å². The van der Waals surface area contributed by atoms with E-state index in [0.717, 1.165) is 5.56 Å². The van der Waals surface area contributed by atoms with Gasteiger partial charge in [-0.1, -0.05) is 30.3 Å². The summed E-state index contributed by atoms with van der Waals surface area (Å²) in [5.41, 5.74) is 1.33. The Bertz CT molecular complexity index is 1090. The van der Waals surface area contributed by atoms with Gasteiger partial charge in [-0.3, -0.25) is 9.59 Å². The number of esters is 1. The molecule has 7 nitrogen and oxygen atoms in total. The minimum Gasteiger partial charge on any atom is -0.493 e. The molecule has 0 aliphatic carbocycles. The molecular formula is C24H23NO6S. The molecular weight excluding hydrogens is 430 g/mol. The molecule has 1 amide bonds. The molecule has 166 valence electrons. The van der Waals surface area contributed by atoms with Crippen molar-refractivity contribution >= 4 is 29.0 Å². The first kappa shape index (κ1) is 23.0. The van der Waals surface area contributed by atoms with E-state index in [-0.39, 0.29) is 16.9 Å². The highest BCUT2D eigenvalue weighted by molar-refractivity contribution is 7.12. The largest absolute Gasteiger partial charge is 0.493 e. The number of thiophene rings is 1. The Hall–Kier alpha value is -3.65. The fourth-order valence-corrected chi connectivity index (χ4v) is 3.72. The lowest BCUT2D eigenvalue weighted by atomic mass is 10.0. The molecule has 2 aromatic carbocycles. The van der Waals surface area contributed by atoms with Crippen LogP contribution in [0.1, 0.15) is 31.2 Å². The van der Waals surface area contributed by atoms with Crippen LogP contribution in [0, 0.1) is 0 Å². The zero-order valence-electron chi connectivity index (χ0n) is 17.8. The summed E-state index contributed by atoms with van der Waals surface area (Å²) >= 11 is 1.30. The molecule has 1 aromatic heterocycles. The van der Waals surface area contributed by atoms with E-state index in [1.54, 1.807) is 56.0 Å². The Morgan fingerprint density at radius 2 is 1.66 bits per heavy atom. The van der Waals surface area contributed by atoms with Gasteiger partial charge in [-0.2, -0.15) is 0 Å². The molecule has 0 unspecified atom stereocenters. The molecule has 8 heteroatoms. The number of hydrogen-bond acceptors (Lipinski definition) is 7. The van der Waals surface area contributed by atoms with Crippen LogP contribution in [0.25, 0.3) is 0 Å². The molecule has 0 spiro atoms. The van der Waals surface area contributed by atoms with Gasteiger partial charge in [-0.25, -0.2) is 4.79 Å². The molecule has 1 N–H and O–H groups in total. The highest BCUT2D eigenvalue weighted by Crippen LogP contribution is 2.27. The Labute approximate surface area is 189 Å². The summed E-state index contributed by atoms with van der Waals surface area (Å²) in [6.07, 6.45) is 0.568. The van der Waals surface area contributed by atoms with Crippen molar-refractivity contribution in [1.29, 1.82) is 0 Å². The van der Waals surface area contributed by atoms with Crippen molar-refractivity contribution in [3.8, 4) is 11.5 Å². The van der Waals surface area contributed by atoms with E-state index in [2.05, 4.69) is 5.32 Å². The molecule has 1 heterocycles.